The summed E-state index contributed by atoms with van der Waals surface area (Å²) < 4.78 is 0. The summed E-state index contributed by atoms with van der Waals surface area (Å²) in [5.41, 5.74) is 0.462. The lowest BCUT2D eigenvalue weighted by Gasteiger charge is -2.61. The van der Waals surface area contributed by atoms with Gasteiger partial charge in [-0.15, -0.1) is 0 Å². The first-order chi connectivity index (χ1) is 13.4. The van der Waals surface area contributed by atoms with Crippen LogP contribution in [0.2, 0.25) is 0 Å². The fourth-order valence-corrected chi connectivity index (χ4v) is 5.46. The summed E-state index contributed by atoms with van der Waals surface area (Å²) in [7, 11) is 0. The second kappa shape index (κ2) is 9.93. The Kier molecular flexibility index (Phi) is 7.83. The van der Waals surface area contributed by atoms with Crippen LogP contribution in [-0.4, -0.2) is 72.5 Å². The minimum Gasteiger partial charge on any atom is -0.341 e. The Morgan fingerprint density at radius 2 is 1.50 bits per heavy atom. The van der Waals surface area contributed by atoms with Crippen molar-refractivity contribution in [2.75, 3.05) is 45.8 Å². The van der Waals surface area contributed by atoms with Crippen molar-refractivity contribution in [2.45, 2.75) is 85.1 Å². The molecule has 0 unspecified atom stereocenters. The maximum absolute atomic E-state index is 12.3. The van der Waals surface area contributed by atoms with E-state index < -0.39 is 0 Å². The molecule has 3 aliphatic rings. The topological polar surface area (TPSA) is 26.8 Å². The van der Waals surface area contributed by atoms with Crippen LogP contribution < -0.4 is 0 Å². The van der Waals surface area contributed by atoms with Crippen LogP contribution >= 0.6 is 0 Å². The average molecular weight is 392 g/mol. The van der Waals surface area contributed by atoms with Gasteiger partial charge in [-0.3, -0.25) is 9.69 Å². The van der Waals surface area contributed by atoms with Crippen LogP contribution in [0.5, 0.6) is 0 Å². The zero-order valence-electron chi connectivity index (χ0n) is 19.1. The number of carbonyl (C=O) groups excluding carboxylic acids is 1. The first-order valence-corrected chi connectivity index (χ1v) is 12.1. The molecule has 3 fully saturated rings. The molecule has 28 heavy (non-hydrogen) atoms. The van der Waals surface area contributed by atoms with Crippen LogP contribution in [0.15, 0.2) is 0 Å². The molecular formula is C24H45N3O. The van der Waals surface area contributed by atoms with Gasteiger partial charge < -0.3 is 9.80 Å². The predicted octanol–water partition coefficient (Wildman–Crippen LogP) is 4.25. The van der Waals surface area contributed by atoms with E-state index in [1.807, 2.05) is 0 Å². The molecule has 0 aliphatic carbocycles. The van der Waals surface area contributed by atoms with Crippen LogP contribution in [0.3, 0.4) is 0 Å². The zero-order chi connectivity index (χ0) is 20.1. The van der Waals surface area contributed by atoms with E-state index in [0.717, 1.165) is 37.8 Å². The van der Waals surface area contributed by atoms with Gasteiger partial charge in [0.2, 0.25) is 5.91 Å². The van der Waals surface area contributed by atoms with Crippen LogP contribution in [0.1, 0.15) is 79.1 Å². The molecule has 3 heterocycles. The van der Waals surface area contributed by atoms with Gasteiger partial charge in [0.1, 0.15) is 0 Å². The molecular weight excluding hydrogens is 346 g/mol. The van der Waals surface area contributed by atoms with Gasteiger partial charge >= 0.3 is 0 Å². The first-order valence-electron chi connectivity index (χ1n) is 12.1. The average Bonchev–Trinajstić information content (AvgIpc) is 2.58. The molecule has 162 valence electrons. The molecule has 0 N–H and O–H groups in total. The van der Waals surface area contributed by atoms with Crippen molar-refractivity contribution in [2.24, 2.45) is 17.3 Å². The lowest BCUT2D eigenvalue weighted by atomic mass is 9.72. The Morgan fingerprint density at radius 3 is 2.11 bits per heavy atom. The largest absolute Gasteiger partial charge is 0.341 e. The summed E-state index contributed by atoms with van der Waals surface area (Å²) in [6.45, 7) is 17.6. The van der Waals surface area contributed by atoms with Crippen molar-refractivity contribution in [3.05, 3.63) is 0 Å². The molecule has 0 atom stereocenters. The summed E-state index contributed by atoms with van der Waals surface area (Å²) in [4.78, 5) is 19.6. The van der Waals surface area contributed by atoms with Crippen LogP contribution in [0, 0.1) is 17.3 Å². The van der Waals surface area contributed by atoms with Crippen LogP contribution in [0.25, 0.3) is 0 Å². The van der Waals surface area contributed by atoms with Crippen LogP contribution in [0.4, 0.5) is 0 Å². The highest BCUT2D eigenvalue weighted by Crippen LogP contribution is 2.40. The van der Waals surface area contributed by atoms with Crippen LogP contribution in [-0.2, 0) is 4.79 Å². The second-order valence-electron chi connectivity index (χ2n) is 10.7. The molecule has 4 heteroatoms. The number of amides is 1. The van der Waals surface area contributed by atoms with Gasteiger partial charge in [0, 0.05) is 44.1 Å². The minimum absolute atomic E-state index is 0.404. The van der Waals surface area contributed by atoms with Crippen molar-refractivity contribution in [3.8, 4) is 0 Å². The first kappa shape index (κ1) is 22.1. The Balaban J connectivity index is 1.14. The summed E-state index contributed by atoms with van der Waals surface area (Å²) in [6, 6.07) is 0.655. The highest BCUT2D eigenvalue weighted by atomic mass is 16.2. The normalized spacial score (nSPS) is 23.4. The Bertz CT molecular complexity index is 482. The van der Waals surface area contributed by atoms with E-state index in [2.05, 4.69) is 42.4 Å². The molecule has 0 saturated carbocycles. The minimum atomic E-state index is 0.404. The van der Waals surface area contributed by atoms with Gasteiger partial charge in [-0.1, -0.05) is 33.1 Å². The number of likely N-dealkylation sites (tertiary alicyclic amines) is 3. The molecule has 3 rings (SSSR count). The van der Waals surface area contributed by atoms with E-state index in [0.29, 0.717) is 17.4 Å². The quantitative estimate of drug-likeness (QED) is 0.521. The molecule has 3 saturated heterocycles. The Hall–Kier alpha value is -0.610. The monoisotopic (exact) mass is 391 g/mol. The number of hydrogen-bond acceptors (Lipinski definition) is 3. The Labute approximate surface area is 174 Å². The number of piperidine rings is 1. The van der Waals surface area contributed by atoms with Crippen molar-refractivity contribution in [1.29, 1.82) is 0 Å². The number of unbranched alkanes of at least 4 members (excludes halogenated alkanes) is 4. The molecule has 0 radical (unpaired) electrons. The van der Waals surface area contributed by atoms with Gasteiger partial charge in [-0.25, -0.2) is 0 Å². The third-order valence-corrected chi connectivity index (χ3v) is 7.65. The van der Waals surface area contributed by atoms with Gasteiger partial charge in [0.15, 0.2) is 0 Å². The fourth-order valence-electron chi connectivity index (χ4n) is 5.46. The fraction of sp³-hybridized carbons (Fsp3) is 0.958. The number of nitrogens with zero attached hydrogens (tertiary/aromatic N) is 3. The molecule has 1 amide bonds. The maximum atomic E-state index is 12.3. The molecule has 0 aromatic carbocycles. The van der Waals surface area contributed by atoms with Crippen molar-refractivity contribution in [3.63, 3.8) is 0 Å². The molecule has 0 aromatic heterocycles. The summed E-state index contributed by atoms with van der Waals surface area (Å²) in [5, 5.41) is 0. The molecule has 0 aromatic rings. The molecule has 0 bridgehead atoms. The molecule has 3 aliphatic heterocycles. The predicted molar refractivity (Wildman–Crippen MR) is 117 cm³/mol. The second-order valence-corrected chi connectivity index (χ2v) is 10.7. The zero-order valence-corrected chi connectivity index (χ0v) is 19.1. The van der Waals surface area contributed by atoms with Gasteiger partial charge in [0.05, 0.1) is 0 Å². The van der Waals surface area contributed by atoms with E-state index in [-0.39, 0.29) is 0 Å². The SMILES string of the molecule is CC(C)C1CCN(CCCCCCCC(=O)N2CC3(C2)CN(C(C)C)C3)CC1. The van der Waals surface area contributed by atoms with E-state index >= 15 is 0 Å². The third kappa shape index (κ3) is 5.72. The van der Waals surface area contributed by atoms with Gasteiger partial charge in [-0.2, -0.15) is 0 Å². The third-order valence-electron chi connectivity index (χ3n) is 7.65. The standard InChI is InChI=1S/C24H45N3O/c1-20(2)22-11-14-25(15-12-22)13-9-7-5-6-8-10-23(28)27-18-24(19-27)16-26(17-24)21(3)4/h20-22H,5-19H2,1-4H3. The lowest BCUT2D eigenvalue weighted by molar-refractivity contribution is -0.162. The number of rotatable bonds is 10. The smallest absolute Gasteiger partial charge is 0.222 e. The van der Waals surface area contributed by atoms with E-state index in [1.54, 1.807) is 0 Å². The maximum Gasteiger partial charge on any atom is 0.222 e. The summed E-state index contributed by atoms with van der Waals surface area (Å²) >= 11 is 0. The number of carbonyl (C=O) groups is 1. The van der Waals surface area contributed by atoms with Crippen molar-refractivity contribution >= 4 is 5.91 Å². The molecule has 1 spiro atoms. The summed E-state index contributed by atoms with van der Waals surface area (Å²) in [6.07, 6.45) is 9.83. The Morgan fingerprint density at radius 1 is 0.893 bits per heavy atom. The van der Waals surface area contributed by atoms with Crippen molar-refractivity contribution < 1.29 is 4.79 Å². The van der Waals surface area contributed by atoms with Gasteiger partial charge in [0.25, 0.3) is 0 Å². The highest BCUT2D eigenvalue weighted by molar-refractivity contribution is 5.77. The number of hydrogen-bond donors (Lipinski definition) is 0. The molecule has 4 nitrogen and oxygen atoms in total. The van der Waals surface area contributed by atoms with E-state index in [1.165, 1.54) is 71.2 Å². The van der Waals surface area contributed by atoms with Crippen molar-refractivity contribution in [1.82, 2.24) is 14.7 Å². The van der Waals surface area contributed by atoms with Gasteiger partial charge in [-0.05, 0) is 71.0 Å². The highest BCUT2D eigenvalue weighted by Gasteiger charge is 2.53. The summed E-state index contributed by atoms with van der Waals surface area (Å²) in [5.74, 6) is 2.21. The lowest BCUT2D eigenvalue weighted by Crippen LogP contribution is -2.73. The van der Waals surface area contributed by atoms with E-state index in [9.17, 15) is 4.79 Å². The van der Waals surface area contributed by atoms with E-state index in [4.69, 9.17) is 0 Å².